The molecule has 1 saturated heterocycles. The molecule has 0 radical (unpaired) electrons. The number of carbonyl (C=O) groups is 1. The molecule has 1 aliphatic rings. The maximum Gasteiger partial charge on any atom is 0.358 e. The Kier molecular flexibility index (Phi) is 4.82. The van der Waals surface area contributed by atoms with E-state index in [9.17, 15) is 13.2 Å². The molecule has 0 bridgehead atoms. The highest BCUT2D eigenvalue weighted by molar-refractivity contribution is 7.89. The Morgan fingerprint density at radius 1 is 1.52 bits per heavy atom. The number of halogens is 1. The zero-order chi connectivity index (χ0) is 15.6. The molecule has 116 valence electrons. The number of ether oxygens (including phenoxy) is 2. The van der Waals surface area contributed by atoms with Gasteiger partial charge < -0.3 is 9.47 Å². The largest absolute Gasteiger partial charge is 0.464 e. The molecule has 0 N–H and O–H groups in total. The van der Waals surface area contributed by atoms with Crippen LogP contribution in [-0.4, -0.2) is 56.6 Å². The normalized spacial score (nSPS) is 20.2. The van der Waals surface area contributed by atoms with Crippen LogP contribution in [0.25, 0.3) is 0 Å². The van der Waals surface area contributed by atoms with Crippen LogP contribution in [0.15, 0.2) is 17.0 Å². The number of hydrogen-bond donors (Lipinski definition) is 0. The molecule has 1 aliphatic heterocycles. The van der Waals surface area contributed by atoms with E-state index in [0.717, 1.165) is 7.11 Å². The minimum atomic E-state index is -3.88. The second-order valence-electron chi connectivity index (χ2n) is 4.51. The predicted molar refractivity (Wildman–Crippen MR) is 74.8 cm³/mol. The van der Waals surface area contributed by atoms with E-state index in [0.29, 0.717) is 13.2 Å². The molecule has 0 spiro atoms. The minimum Gasteiger partial charge on any atom is -0.464 e. The lowest BCUT2D eigenvalue weighted by molar-refractivity contribution is 0.0391. The molecule has 1 fully saturated rings. The van der Waals surface area contributed by atoms with Gasteiger partial charge in [-0.15, -0.1) is 0 Å². The first kappa shape index (κ1) is 16.2. The highest BCUT2D eigenvalue weighted by Crippen LogP contribution is 2.24. The zero-order valence-corrected chi connectivity index (χ0v) is 13.1. The molecule has 0 unspecified atom stereocenters. The standard InChI is InChI=1S/C12H15ClN2O5S/c1-8-7-20-6-5-15(8)21(17,18)9-3-4-10(13)14-11(9)12(16)19-2/h3-4,8H,5-7H2,1-2H3/t8-/m1/s1. The van der Waals surface area contributed by atoms with Gasteiger partial charge >= 0.3 is 5.97 Å². The Hall–Kier alpha value is -1.22. The van der Waals surface area contributed by atoms with E-state index in [1.54, 1.807) is 6.92 Å². The van der Waals surface area contributed by atoms with E-state index in [4.69, 9.17) is 16.3 Å². The van der Waals surface area contributed by atoms with Crippen LogP contribution in [0.4, 0.5) is 0 Å². The summed E-state index contributed by atoms with van der Waals surface area (Å²) >= 11 is 5.74. The molecule has 9 heteroatoms. The summed E-state index contributed by atoms with van der Waals surface area (Å²) in [7, 11) is -2.73. The molecule has 1 atom stereocenters. The Morgan fingerprint density at radius 3 is 2.86 bits per heavy atom. The van der Waals surface area contributed by atoms with E-state index >= 15 is 0 Å². The molecule has 0 aliphatic carbocycles. The maximum absolute atomic E-state index is 12.7. The van der Waals surface area contributed by atoms with Gasteiger partial charge in [-0.1, -0.05) is 11.6 Å². The van der Waals surface area contributed by atoms with Crippen LogP contribution in [0.2, 0.25) is 5.15 Å². The van der Waals surface area contributed by atoms with Gasteiger partial charge in [0.15, 0.2) is 5.69 Å². The van der Waals surface area contributed by atoms with Gasteiger partial charge in [0.1, 0.15) is 10.0 Å². The van der Waals surface area contributed by atoms with Crippen LogP contribution in [0.3, 0.4) is 0 Å². The number of aromatic nitrogens is 1. The number of carbonyl (C=O) groups excluding carboxylic acids is 1. The van der Waals surface area contributed by atoms with E-state index < -0.39 is 16.0 Å². The highest BCUT2D eigenvalue weighted by atomic mass is 35.5. The third-order valence-electron chi connectivity index (χ3n) is 3.10. The average Bonchev–Trinajstić information content (AvgIpc) is 2.46. The molecule has 0 amide bonds. The molecule has 0 saturated carbocycles. The van der Waals surface area contributed by atoms with Gasteiger partial charge in [-0.05, 0) is 19.1 Å². The van der Waals surface area contributed by atoms with Crippen molar-refractivity contribution in [1.82, 2.24) is 9.29 Å². The van der Waals surface area contributed by atoms with Crippen molar-refractivity contribution in [3.63, 3.8) is 0 Å². The maximum atomic E-state index is 12.7. The first-order valence-corrected chi connectivity index (χ1v) is 8.04. The Bertz CT molecular complexity index is 649. The molecule has 2 heterocycles. The van der Waals surface area contributed by atoms with Gasteiger partial charge in [-0.2, -0.15) is 4.31 Å². The summed E-state index contributed by atoms with van der Waals surface area (Å²) < 4.78 is 36.5. The first-order valence-electron chi connectivity index (χ1n) is 6.22. The van der Waals surface area contributed by atoms with E-state index in [2.05, 4.69) is 9.72 Å². The predicted octanol–water partition coefficient (Wildman–Crippen LogP) is 0.931. The molecule has 0 aromatic carbocycles. The van der Waals surface area contributed by atoms with Crippen LogP contribution >= 0.6 is 11.6 Å². The topological polar surface area (TPSA) is 85.8 Å². The zero-order valence-electron chi connectivity index (χ0n) is 11.6. The number of rotatable bonds is 3. The fourth-order valence-corrected chi connectivity index (χ4v) is 3.93. The van der Waals surface area contributed by atoms with E-state index in [1.807, 2.05) is 0 Å². The van der Waals surface area contributed by atoms with Crippen molar-refractivity contribution in [1.29, 1.82) is 0 Å². The van der Waals surface area contributed by atoms with Gasteiger partial charge in [-0.25, -0.2) is 18.2 Å². The van der Waals surface area contributed by atoms with Crippen molar-refractivity contribution in [2.24, 2.45) is 0 Å². The van der Waals surface area contributed by atoms with Gasteiger partial charge in [0, 0.05) is 12.6 Å². The number of esters is 1. The highest BCUT2D eigenvalue weighted by Gasteiger charge is 2.35. The summed E-state index contributed by atoms with van der Waals surface area (Å²) in [5.41, 5.74) is -0.316. The Morgan fingerprint density at radius 2 is 2.24 bits per heavy atom. The summed E-state index contributed by atoms with van der Waals surface area (Å²) in [6, 6.07) is 2.26. The Labute approximate surface area is 127 Å². The van der Waals surface area contributed by atoms with Crippen LogP contribution < -0.4 is 0 Å². The number of sulfonamides is 1. The van der Waals surface area contributed by atoms with Crippen LogP contribution in [0.1, 0.15) is 17.4 Å². The first-order chi connectivity index (χ1) is 9.87. The van der Waals surface area contributed by atoms with Crippen molar-refractivity contribution < 1.29 is 22.7 Å². The second kappa shape index (κ2) is 6.27. The second-order valence-corrected chi connectivity index (χ2v) is 6.76. The van der Waals surface area contributed by atoms with Gasteiger partial charge in [0.05, 0.1) is 20.3 Å². The molecular weight excluding hydrogens is 320 g/mol. The molecule has 7 nitrogen and oxygen atoms in total. The summed E-state index contributed by atoms with van der Waals surface area (Å²) in [5.74, 6) is -0.850. The summed E-state index contributed by atoms with van der Waals surface area (Å²) in [6.45, 7) is 2.55. The molecule has 1 aromatic heterocycles. The number of morpholine rings is 1. The summed E-state index contributed by atoms with van der Waals surface area (Å²) in [5, 5.41) is 0.0179. The molecule has 2 rings (SSSR count). The fourth-order valence-electron chi connectivity index (χ4n) is 2.07. The molecule has 21 heavy (non-hydrogen) atoms. The van der Waals surface area contributed by atoms with Gasteiger partial charge in [-0.3, -0.25) is 0 Å². The van der Waals surface area contributed by atoms with E-state index in [-0.39, 0.29) is 28.3 Å². The van der Waals surface area contributed by atoms with Crippen molar-refractivity contribution in [2.75, 3.05) is 26.9 Å². The van der Waals surface area contributed by atoms with Crippen LogP contribution in [0.5, 0.6) is 0 Å². The van der Waals surface area contributed by atoms with Crippen molar-refractivity contribution in [3.05, 3.63) is 23.0 Å². The van der Waals surface area contributed by atoms with Crippen molar-refractivity contribution in [3.8, 4) is 0 Å². The SMILES string of the molecule is COC(=O)c1nc(Cl)ccc1S(=O)(=O)N1CCOC[C@H]1C. The lowest BCUT2D eigenvalue weighted by Crippen LogP contribution is -2.47. The van der Waals surface area contributed by atoms with Gasteiger partial charge in [0.2, 0.25) is 10.0 Å². The number of methoxy groups -OCH3 is 1. The minimum absolute atomic E-state index is 0.0179. The number of hydrogen-bond acceptors (Lipinski definition) is 6. The average molecular weight is 335 g/mol. The third kappa shape index (κ3) is 3.18. The third-order valence-corrected chi connectivity index (χ3v) is 5.35. The van der Waals surface area contributed by atoms with Crippen LogP contribution in [-0.2, 0) is 19.5 Å². The lowest BCUT2D eigenvalue weighted by atomic mass is 10.3. The van der Waals surface area contributed by atoms with Gasteiger partial charge in [0.25, 0.3) is 0 Å². The van der Waals surface area contributed by atoms with E-state index in [1.165, 1.54) is 16.4 Å². The Balaban J connectivity index is 2.51. The monoisotopic (exact) mass is 334 g/mol. The van der Waals surface area contributed by atoms with Crippen LogP contribution in [0, 0.1) is 0 Å². The smallest absolute Gasteiger partial charge is 0.358 e. The van der Waals surface area contributed by atoms with Crippen molar-refractivity contribution >= 4 is 27.6 Å². The quantitative estimate of drug-likeness (QED) is 0.604. The lowest BCUT2D eigenvalue weighted by Gasteiger charge is -2.32. The van der Waals surface area contributed by atoms with Crippen molar-refractivity contribution in [2.45, 2.75) is 17.9 Å². The summed E-state index contributed by atoms with van der Waals surface area (Å²) in [6.07, 6.45) is 0. The molecular formula is C12H15ClN2O5S. The number of nitrogens with zero attached hydrogens (tertiary/aromatic N) is 2. The molecule has 1 aromatic rings. The summed E-state index contributed by atoms with van der Waals surface area (Å²) in [4.78, 5) is 15.3. The fraction of sp³-hybridized carbons (Fsp3) is 0.500. The number of pyridine rings is 1.